The molecule has 0 aliphatic heterocycles. The summed E-state index contributed by atoms with van der Waals surface area (Å²) in [5.41, 5.74) is 2.41. The van der Waals surface area contributed by atoms with Crippen molar-refractivity contribution in [2.75, 3.05) is 0 Å². The largest absolute Gasteiger partial charge is 0.432 e. The number of nitrogens with zero attached hydrogens (tertiary/aromatic N) is 2. The second kappa shape index (κ2) is 7.40. The van der Waals surface area contributed by atoms with Crippen LogP contribution in [0.4, 0.5) is 13.2 Å². The summed E-state index contributed by atoms with van der Waals surface area (Å²) in [5.74, 6) is -1.39. The first-order valence-electron chi connectivity index (χ1n) is 6.42. The molecule has 2 aromatic rings. The monoisotopic (exact) mass is 306 g/mol. The lowest BCUT2D eigenvalue weighted by atomic mass is 10.2. The molecule has 0 aliphatic carbocycles. The van der Waals surface area contributed by atoms with Crippen LogP contribution in [0.1, 0.15) is 16.7 Å². The van der Waals surface area contributed by atoms with Crippen molar-refractivity contribution < 1.29 is 17.9 Å². The SMILES string of the molecule is Cc1ccc(C=NN=Cc2ccc(OC(F)F)c(F)c2)cc1. The van der Waals surface area contributed by atoms with Gasteiger partial charge in [0.25, 0.3) is 0 Å². The quantitative estimate of drug-likeness (QED) is 0.602. The molecule has 0 saturated heterocycles. The molecular formula is C16H13F3N2O. The number of rotatable bonds is 5. The van der Waals surface area contributed by atoms with Gasteiger partial charge in [-0.1, -0.05) is 29.8 Å². The minimum Gasteiger partial charge on any atom is -0.432 e. The Kier molecular flexibility index (Phi) is 5.30. The van der Waals surface area contributed by atoms with Crippen LogP contribution >= 0.6 is 0 Å². The van der Waals surface area contributed by atoms with Crippen LogP contribution in [-0.2, 0) is 0 Å². The van der Waals surface area contributed by atoms with Crippen LogP contribution in [0.25, 0.3) is 0 Å². The highest BCUT2D eigenvalue weighted by Crippen LogP contribution is 2.19. The third kappa shape index (κ3) is 4.73. The molecule has 22 heavy (non-hydrogen) atoms. The zero-order valence-electron chi connectivity index (χ0n) is 11.7. The van der Waals surface area contributed by atoms with Crippen molar-refractivity contribution >= 4 is 12.4 Å². The van der Waals surface area contributed by atoms with Gasteiger partial charge in [-0.15, -0.1) is 0 Å². The zero-order chi connectivity index (χ0) is 15.9. The molecule has 0 spiro atoms. The van der Waals surface area contributed by atoms with Crippen molar-refractivity contribution in [2.45, 2.75) is 13.5 Å². The van der Waals surface area contributed by atoms with Crippen molar-refractivity contribution in [3.8, 4) is 5.75 Å². The molecule has 0 aromatic heterocycles. The van der Waals surface area contributed by atoms with Gasteiger partial charge in [0.05, 0.1) is 12.4 Å². The third-order valence-corrected chi connectivity index (χ3v) is 2.73. The van der Waals surface area contributed by atoms with Crippen molar-refractivity contribution in [3.63, 3.8) is 0 Å². The molecule has 0 heterocycles. The topological polar surface area (TPSA) is 34.0 Å². The molecule has 0 unspecified atom stereocenters. The predicted molar refractivity (Wildman–Crippen MR) is 79.4 cm³/mol. The molecule has 0 aliphatic rings. The van der Waals surface area contributed by atoms with Gasteiger partial charge in [-0.3, -0.25) is 0 Å². The first-order chi connectivity index (χ1) is 10.5. The van der Waals surface area contributed by atoms with Crippen LogP contribution in [0.3, 0.4) is 0 Å². The molecule has 0 saturated carbocycles. The van der Waals surface area contributed by atoms with Gasteiger partial charge < -0.3 is 4.74 Å². The number of hydrogen-bond donors (Lipinski definition) is 0. The van der Waals surface area contributed by atoms with Crippen molar-refractivity contribution in [2.24, 2.45) is 10.2 Å². The summed E-state index contributed by atoms with van der Waals surface area (Å²) in [6.45, 7) is -1.08. The molecule has 3 nitrogen and oxygen atoms in total. The summed E-state index contributed by atoms with van der Waals surface area (Å²) in [5, 5.41) is 7.62. The maximum Gasteiger partial charge on any atom is 0.387 e. The fourth-order valence-electron chi connectivity index (χ4n) is 1.64. The fraction of sp³-hybridized carbons (Fsp3) is 0.125. The molecule has 0 atom stereocenters. The Balaban J connectivity index is 2.01. The average molecular weight is 306 g/mol. The highest BCUT2D eigenvalue weighted by molar-refractivity contribution is 5.82. The standard InChI is InChI=1S/C16H13F3N2O/c1-11-2-4-12(5-3-11)9-20-21-10-13-6-7-15(14(17)8-13)22-16(18)19/h2-10,16H,1H3. The molecule has 2 aromatic carbocycles. The molecule has 6 heteroatoms. The number of hydrogen-bond acceptors (Lipinski definition) is 3. The van der Waals surface area contributed by atoms with E-state index in [1.165, 1.54) is 12.3 Å². The van der Waals surface area contributed by atoms with E-state index in [4.69, 9.17) is 0 Å². The fourth-order valence-corrected chi connectivity index (χ4v) is 1.64. The van der Waals surface area contributed by atoms with Gasteiger partial charge in [0.2, 0.25) is 0 Å². The molecule has 0 amide bonds. The smallest absolute Gasteiger partial charge is 0.387 e. The lowest BCUT2D eigenvalue weighted by Gasteiger charge is -2.05. The van der Waals surface area contributed by atoms with Crippen LogP contribution in [0.2, 0.25) is 0 Å². The Bertz CT molecular complexity index is 682. The normalized spacial score (nSPS) is 11.7. The molecule has 0 N–H and O–H groups in total. The number of ether oxygens (including phenoxy) is 1. The van der Waals surface area contributed by atoms with Gasteiger partial charge in [0.15, 0.2) is 11.6 Å². The van der Waals surface area contributed by atoms with E-state index >= 15 is 0 Å². The van der Waals surface area contributed by atoms with Crippen molar-refractivity contribution in [3.05, 3.63) is 65.0 Å². The summed E-state index contributed by atoms with van der Waals surface area (Å²) >= 11 is 0. The highest BCUT2D eigenvalue weighted by atomic mass is 19.3. The number of aryl methyl sites for hydroxylation is 1. The van der Waals surface area contributed by atoms with Crippen molar-refractivity contribution in [1.29, 1.82) is 0 Å². The predicted octanol–water partition coefficient (Wildman–Crippen LogP) is 4.19. The third-order valence-electron chi connectivity index (χ3n) is 2.73. The van der Waals surface area contributed by atoms with Gasteiger partial charge in [-0.25, -0.2) is 4.39 Å². The van der Waals surface area contributed by atoms with E-state index in [-0.39, 0.29) is 0 Å². The Labute approximate surface area is 125 Å². The number of halogens is 3. The molecule has 0 bridgehead atoms. The van der Waals surface area contributed by atoms with E-state index in [1.807, 2.05) is 31.2 Å². The van der Waals surface area contributed by atoms with E-state index in [1.54, 1.807) is 6.21 Å². The zero-order valence-corrected chi connectivity index (χ0v) is 11.7. The van der Waals surface area contributed by atoms with Crippen LogP contribution in [-0.4, -0.2) is 19.0 Å². The van der Waals surface area contributed by atoms with Crippen molar-refractivity contribution in [1.82, 2.24) is 0 Å². The number of alkyl halides is 2. The molecule has 2 rings (SSSR count). The Morgan fingerprint density at radius 3 is 2.14 bits per heavy atom. The summed E-state index contributed by atoms with van der Waals surface area (Å²) in [6.07, 6.45) is 2.88. The van der Waals surface area contributed by atoms with Gasteiger partial charge in [-0.05, 0) is 36.2 Å². The minimum absolute atomic E-state index is 0.389. The van der Waals surface area contributed by atoms with Gasteiger partial charge in [0.1, 0.15) is 0 Å². The van der Waals surface area contributed by atoms with E-state index in [0.717, 1.165) is 23.3 Å². The molecule has 114 valence electrons. The Morgan fingerprint density at radius 1 is 0.955 bits per heavy atom. The molecule has 0 fully saturated rings. The molecule has 0 radical (unpaired) electrons. The average Bonchev–Trinajstić information content (AvgIpc) is 2.48. The first-order valence-corrected chi connectivity index (χ1v) is 6.42. The summed E-state index contributed by atoms with van der Waals surface area (Å²) in [7, 11) is 0. The van der Waals surface area contributed by atoms with Crippen LogP contribution in [0, 0.1) is 12.7 Å². The first kappa shape index (κ1) is 15.8. The van der Waals surface area contributed by atoms with Crippen LogP contribution < -0.4 is 4.74 Å². The summed E-state index contributed by atoms with van der Waals surface area (Å²) < 4.78 is 41.5. The lowest BCUT2D eigenvalue weighted by molar-refractivity contribution is -0.0521. The minimum atomic E-state index is -3.06. The molecular weight excluding hydrogens is 293 g/mol. The maximum atomic E-state index is 13.5. The van der Waals surface area contributed by atoms with Crippen LogP contribution in [0.5, 0.6) is 5.75 Å². The van der Waals surface area contributed by atoms with E-state index in [2.05, 4.69) is 14.9 Å². The van der Waals surface area contributed by atoms with E-state index in [0.29, 0.717) is 5.56 Å². The summed E-state index contributed by atoms with van der Waals surface area (Å²) in [4.78, 5) is 0. The number of benzene rings is 2. The van der Waals surface area contributed by atoms with E-state index in [9.17, 15) is 13.2 Å². The van der Waals surface area contributed by atoms with Gasteiger partial charge in [0, 0.05) is 0 Å². The summed E-state index contributed by atoms with van der Waals surface area (Å²) in [6, 6.07) is 11.3. The second-order valence-electron chi connectivity index (χ2n) is 4.47. The Hall–Kier alpha value is -2.63. The van der Waals surface area contributed by atoms with Gasteiger partial charge in [-0.2, -0.15) is 19.0 Å². The van der Waals surface area contributed by atoms with Crippen LogP contribution in [0.15, 0.2) is 52.7 Å². The van der Waals surface area contributed by atoms with Gasteiger partial charge >= 0.3 is 6.61 Å². The second-order valence-corrected chi connectivity index (χ2v) is 4.47. The maximum absolute atomic E-state index is 13.5. The lowest BCUT2D eigenvalue weighted by Crippen LogP contribution is -2.03. The van der Waals surface area contributed by atoms with E-state index < -0.39 is 18.2 Å². The Morgan fingerprint density at radius 2 is 1.55 bits per heavy atom. The highest BCUT2D eigenvalue weighted by Gasteiger charge is 2.09.